The smallest absolute Gasteiger partial charge is 0.258 e. The van der Waals surface area contributed by atoms with E-state index in [2.05, 4.69) is 25.2 Å². The number of Topliss-reactive ketones (excluding diaryl/α,β-unsaturated/α-hetero) is 1. The van der Waals surface area contributed by atoms with E-state index in [1.54, 1.807) is 48.0 Å². The van der Waals surface area contributed by atoms with Gasteiger partial charge in [0.05, 0.1) is 42.2 Å². The van der Waals surface area contributed by atoms with Crippen molar-refractivity contribution in [3.63, 3.8) is 0 Å². The summed E-state index contributed by atoms with van der Waals surface area (Å²) in [4.78, 5) is 60.1. The van der Waals surface area contributed by atoms with Gasteiger partial charge in [-0.3, -0.25) is 24.4 Å². The van der Waals surface area contributed by atoms with E-state index in [1.807, 2.05) is 54.2 Å². The minimum Gasteiger partial charge on any atom is -0.369 e. The number of aryl methyl sites for hydroxylation is 1. The van der Waals surface area contributed by atoms with Gasteiger partial charge < -0.3 is 29.3 Å². The SMILES string of the molecule is CN(CCc1ccccn1)C(=O)C1=CN2C3CCC(C(=O)N(C)CCc4ccccn4)CC3OC3C(NCCCn4ccnc4)C(F)CC(C1=O)C32. The first-order valence-corrected chi connectivity index (χ1v) is 18.6. The standard InChI is InChI=1S/C39H49FN8O4/c1-45(19-12-27-8-3-5-14-42-27)38(50)26-10-11-32-33(22-26)52-37-34(44-16-7-18-47-21-17-41-25-47)31(40)23-29-35(37)48(32)24-30(36(29)49)39(51)46(2)20-13-28-9-4-6-15-43-28/h3-6,8-9,14-15,17,21,24-26,29,31-35,37,44H,7,10-13,16,18-20,22-23H2,1-2H3. The molecular weight excluding hydrogens is 663 g/mol. The zero-order chi connectivity index (χ0) is 36.2. The maximum atomic E-state index is 16.3. The van der Waals surface area contributed by atoms with Crippen molar-refractivity contribution >= 4 is 17.6 Å². The van der Waals surface area contributed by atoms with E-state index < -0.39 is 30.3 Å². The monoisotopic (exact) mass is 712 g/mol. The number of morpholine rings is 1. The van der Waals surface area contributed by atoms with E-state index in [9.17, 15) is 14.4 Å². The number of alkyl halides is 1. The molecule has 276 valence electrons. The van der Waals surface area contributed by atoms with E-state index in [0.29, 0.717) is 51.7 Å². The van der Waals surface area contributed by atoms with Crippen molar-refractivity contribution in [3.8, 4) is 0 Å². The Morgan fingerprint density at radius 3 is 2.38 bits per heavy atom. The molecule has 0 aromatic carbocycles. The number of amides is 2. The van der Waals surface area contributed by atoms with Crippen molar-refractivity contribution < 1.29 is 23.5 Å². The summed E-state index contributed by atoms with van der Waals surface area (Å²) in [5.74, 6) is -1.58. The van der Waals surface area contributed by atoms with Gasteiger partial charge in [-0.15, -0.1) is 0 Å². The number of hydrogen-bond donors (Lipinski definition) is 1. The third-order valence-electron chi connectivity index (χ3n) is 11.4. The summed E-state index contributed by atoms with van der Waals surface area (Å²) in [5, 5.41) is 3.45. The first kappa shape index (κ1) is 35.9. The van der Waals surface area contributed by atoms with Crippen molar-refractivity contribution in [2.45, 2.75) is 88.0 Å². The number of ketones is 1. The van der Waals surface area contributed by atoms with E-state index in [4.69, 9.17) is 4.74 Å². The predicted molar refractivity (Wildman–Crippen MR) is 191 cm³/mol. The summed E-state index contributed by atoms with van der Waals surface area (Å²) < 4.78 is 25.2. The van der Waals surface area contributed by atoms with Crippen LogP contribution in [0.4, 0.5) is 4.39 Å². The fourth-order valence-electron chi connectivity index (χ4n) is 8.56. The van der Waals surface area contributed by atoms with Crippen LogP contribution >= 0.6 is 0 Å². The molecule has 2 aliphatic carbocycles. The highest BCUT2D eigenvalue weighted by Crippen LogP contribution is 2.46. The van der Waals surface area contributed by atoms with Gasteiger partial charge in [0.1, 0.15) is 6.17 Å². The molecule has 13 heteroatoms. The van der Waals surface area contributed by atoms with E-state index in [1.165, 1.54) is 0 Å². The van der Waals surface area contributed by atoms with Crippen molar-refractivity contribution in [1.82, 2.24) is 39.5 Å². The van der Waals surface area contributed by atoms with Gasteiger partial charge in [-0.25, -0.2) is 9.37 Å². The molecular formula is C39H49FN8O4. The maximum Gasteiger partial charge on any atom is 0.258 e. The van der Waals surface area contributed by atoms with Crippen LogP contribution in [0.1, 0.15) is 43.5 Å². The van der Waals surface area contributed by atoms with Crippen LogP contribution in [0, 0.1) is 11.8 Å². The first-order valence-electron chi connectivity index (χ1n) is 18.6. The topological polar surface area (TPSA) is 126 Å². The molecule has 0 spiro atoms. The van der Waals surface area contributed by atoms with Gasteiger partial charge >= 0.3 is 0 Å². The van der Waals surface area contributed by atoms with Crippen molar-refractivity contribution in [2.75, 3.05) is 33.7 Å². The number of hydrogen-bond acceptors (Lipinski definition) is 9. The summed E-state index contributed by atoms with van der Waals surface area (Å²) in [5.41, 5.74) is 1.88. The van der Waals surface area contributed by atoms with Crippen molar-refractivity contribution in [1.29, 1.82) is 0 Å². The number of nitrogens with zero attached hydrogens (tertiary/aromatic N) is 7. The van der Waals surface area contributed by atoms with Crippen LogP contribution in [0.5, 0.6) is 0 Å². The molecule has 2 saturated carbocycles. The van der Waals surface area contributed by atoms with Gasteiger partial charge in [0, 0.05) is 101 Å². The number of aromatic nitrogens is 4. The maximum absolute atomic E-state index is 16.3. The van der Waals surface area contributed by atoms with Crippen molar-refractivity contribution in [3.05, 3.63) is 90.7 Å². The Hall–Kier alpha value is -4.49. The number of rotatable bonds is 13. The molecule has 8 unspecified atom stereocenters. The Labute approximate surface area is 304 Å². The lowest BCUT2D eigenvalue weighted by Gasteiger charge is -2.59. The highest BCUT2D eigenvalue weighted by molar-refractivity contribution is 6.20. The second-order valence-electron chi connectivity index (χ2n) is 14.7. The molecule has 2 aliphatic heterocycles. The van der Waals surface area contributed by atoms with Gasteiger partial charge in [-0.1, -0.05) is 12.1 Å². The van der Waals surface area contributed by atoms with Crippen LogP contribution in [0.15, 0.2) is 79.3 Å². The molecule has 3 fully saturated rings. The van der Waals surface area contributed by atoms with Crippen LogP contribution in [0.25, 0.3) is 0 Å². The molecule has 0 bridgehead atoms. The molecule has 12 nitrogen and oxygen atoms in total. The second kappa shape index (κ2) is 16.0. The summed E-state index contributed by atoms with van der Waals surface area (Å²) in [6, 6.07) is 10.3. The van der Waals surface area contributed by atoms with Crippen LogP contribution in [-0.2, 0) is 38.5 Å². The molecule has 5 heterocycles. The van der Waals surface area contributed by atoms with E-state index >= 15 is 4.39 Å². The zero-order valence-corrected chi connectivity index (χ0v) is 30.0. The number of nitrogens with one attached hydrogen (secondary N) is 1. The Bertz CT molecular complexity index is 1710. The number of carbonyl (C=O) groups excluding carboxylic acids is 3. The number of imidazole rings is 1. The fraction of sp³-hybridized carbons (Fsp3) is 0.538. The van der Waals surface area contributed by atoms with Crippen LogP contribution in [0.3, 0.4) is 0 Å². The van der Waals surface area contributed by atoms with Crippen LogP contribution in [-0.4, -0.2) is 122 Å². The highest BCUT2D eigenvalue weighted by Gasteiger charge is 2.59. The van der Waals surface area contributed by atoms with Gasteiger partial charge in [-0.05, 0) is 62.9 Å². The lowest BCUT2D eigenvalue weighted by atomic mass is 9.69. The Morgan fingerprint density at radius 1 is 0.981 bits per heavy atom. The number of halogens is 1. The van der Waals surface area contributed by atoms with E-state index in [0.717, 1.165) is 24.4 Å². The second-order valence-corrected chi connectivity index (χ2v) is 14.7. The summed E-state index contributed by atoms with van der Waals surface area (Å²) in [7, 11) is 3.53. The normalized spacial score (nSPS) is 28.0. The molecule has 8 atom stereocenters. The number of pyridine rings is 2. The molecule has 0 radical (unpaired) electrons. The average molecular weight is 713 g/mol. The third-order valence-corrected chi connectivity index (χ3v) is 11.4. The Balaban J connectivity index is 1.10. The first-order chi connectivity index (χ1) is 25.3. The summed E-state index contributed by atoms with van der Waals surface area (Å²) >= 11 is 0. The van der Waals surface area contributed by atoms with Crippen LogP contribution < -0.4 is 5.32 Å². The minimum absolute atomic E-state index is 0.0148. The molecule has 7 rings (SSSR count). The lowest BCUT2D eigenvalue weighted by Crippen LogP contribution is -2.73. The number of carbonyl (C=O) groups is 3. The van der Waals surface area contributed by atoms with Gasteiger partial charge in [-0.2, -0.15) is 0 Å². The molecule has 1 saturated heterocycles. The molecule has 2 amide bonds. The fourth-order valence-corrected chi connectivity index (χ4v) is 8.56. The molecule has 4 aliphatic rings. The average Bonchev–Trinajstić information content (AvgIpc) is 3.70. The summed E-state index contributed by atoms with van der Waals surface area (Å²) in [6.45, 7) is 2.24. The molecule has 1 N–H and O–H groups in total. The van der Waals surface area contributed by atoms with Gasteiger partial charge in [0.15, 0.2) is 5.78 Å². The molecule has 3 aromatic rings. The number of ether oxygens (including phenoxy) is 1. The summed E-state index contributed by atoms with van der Waals surface area (Å²) in [6.07, 6.45) is 12.1. The Kier molecular flexibility index (Phi) is 11.1. The third kappa shape index (κ3) is 7.66. The predicted octanol–water partition coefficient (Wildman–Crippen LogP) is 2.85. The number of likely N-dealkylation sites (N-methyl/N-ethyl adjacent to an activating group) is 2. The Morgan fingerprint density at radius 2 is 1.71 bits per heavy atom. The molecule has 3 aromatic heterocycles. The largest absolute Gasteiger partial charge is 0.369 e. The minimum atomic E-state index is -1.35. The lowest BCUT2D eigenvalue weighted by molar-refractivity contribution is -0.202. The van der Waals surface area contributed by atoms with E-state index in [-0.39, 0.29) is 47.7 Å². The van der Waals surface area contributed by atoms with Crippen molar-refractivity contribution in [2.24, 2.45) is 11.8 Å². The van der Waals surface area contributed by atoms with Gasteiger partial charge in [0.2, 0.25) is 5.91 Å². The van der Waals surface area contributed by atoms with Gasteiger partial charge in [0.25, 0.3) is 5.91 Å². The van der Waals surface area contributed by atoms with Crippen LogP contribution in [0.2, 0.25) is 0 Å². The molecule has 52 heavy (non-hydrogen) atoms. The zero-order valence-electron chi connectivity index (χ0n) is 30.0. The highest BCUT2D eigenvalue weighted by atomic mass is 19.1. The quantitative estimate of drug-likeness (QED) is 0.211. The number of fused-ring (bicyclic) bond motifs is 2.